The smallest absolute Gasteiger partial charge is 0.225 e. The van der Waals surface area contributed by atoms with E-state index in [1.54, 1.807) is 12.3 Å². The SMILES string of the molecule is CCOc1ccnc(NCC2CC(Cl)C2)n1. The standard InChI is InChI=1S/C11H16ClN3O/c1-2-16-10-3-4-13-11(15-10)14-7-8-5-9(12)6-8/h3-4,8-9H,2,5-7H2,1H3,(H,13,14,15). The van der Waals surface area contributed by atoms with Crippen LogP contribution in [0.5, 0.6) is 5.88 Å². The summed E-state index contributed by atoms with van der Waals surface area (Å²) in [5.74, 6) is 1.90. The molecule has 1 heterocycles. The predicted octanol–water partition coefficient (Wildman–Crippen LogP) is 2.30. The van der Waals surface area contributed by atoms with Crippen molar-refractivity contribution in [3.8, 4) is 5.88 Å². The molecule has 4 nitrogen and oxygen atoms in total. The van der Waals surface area contributed by atoms with Gasteiger partial charge in [0.2, 0.25) is 11.8 Å². The average molecular weight is 242 g/mol. The van der Waals surface area contributed by atoms with Crippen LogP contribution in [0.15, 0.2) is 12.3 Å². The first-order valence-electron chi connectivity index (χ1n) is 5.61. The lowest BCUT2D eigenvalue weighted by atomic mass is 9.85. The zero-order chi connectivity index (χ0) is 11.4. The number of alkyl halides is 1. The van der Waals surface area contributed by atoms with Gasteiger partial charge in [-0.1, -0.05) is 0 Å². The van der Waals surface area contributed by atoms with Gasteiger partial charge < -0.3 is 10.1 Å². The number of ether oxygens (including phenoxy) is 1. The number of halogens is 1. The Bertz CT molecular complexity index is 342. The first kappa shape index (κ1) is 11.5. The van der Waals surface area contributed by atoms with Crippen LogP contribution in [0.25, 0.3) is 0 Å². The first-order valence-corrected chi connectivity index (χ1v) is 6.05. The normalized spacial score (nSPS) is 23.6. The molecule has 0 aromatic carbocycles. The first-order chi connectivity index (χ1) is 7.78. The second-order valence-electron chi connectivity index (χ2n) is 3.97. The third kappa shape index (κ3) is 2.98. The fourth-order valence-corrected chi connectivity index (χ4v) is 2.22. The number of anilines is 1. The lowest BCUT2D eigenvalue weighted by Crippen LogP contribution is -2.30. The summed E-state index contributed by atoms with van der Waals surface area (Å²) in [6, 6.07) is 1.76. The van der Waals surface area contributed by atoms with E-state index in [1.165, 1.54) is 0 Å². The van der Waals surface area contributed by atoms with Crippen molar-refractivity contribution in [3.63, 3.8) is 0 Å². The maximum atomic E-state index is 5.91. The van der Waals surface area contributed by atoms with Gasteiger partial charge in [0, 0.05) is 24.2 Å². The molecule has 0 amide bonds. The van der Waals surface area contributed by atoms with Crippen molar-refractivity contribution in [1.82, 2.24) is 9.97 Å². The molecule has 1 aromatic heterocycles. The molecule has 1 aliphatic rings. The van der Waals surface area contributed by atoms with Crippen molar-refractivity contribution >= 4 is 17.5 Å². The fraction of sp³-hybridized carbons (Fsp3) is 0.636. The minimum atomic E-state index is 0.363. The highest BCUT2D eigenvalue weighted by atomic mass is 35.5. The van der Waals surface area contributed by atoms with Crippen LogP contribution in [0.4, 0.5) is 5.95 Å². The van der Waals surface area contributed by atoms with Crippen LogP contribution in [-0.2, 0) is 0 Å². The molecule has 0 bridgehead atoms. The molecule has 2 rings (SSSR count). The Hall–Kier alpha value is -1.03. The molecular weight excluding hydrogens is 226 g/mol. The summed E-state index contributed by atoms with van der Waals surface area (Å²) in [4.78, 5) is 8.37. The highest BCUT2D eigenvalue weighted by Crippen LogP contribution is 2.31. The summed E-state index contributed by atoms with van der Waals surface area (Å²) in [5.41, 5.74) is 0. The van der Waals surface area contributed by atoms with Gasteiger partial charge in [0.25, 0.3) is 0 Å². The molecule has 1 aromatic rings. The van der Waals surface area contributed by atoms with Gasteiger partial charge in [-0.05, 0) is 25.7 Å². The van der Waals surface area contributed by atoms with E-state index in [4.69, 9.17) is 16.3 Å². The summed E-state index contributed by atoms with van der Waals surface area (Å²) in [7, 11) is 0. The molecule has 0 unspecified atom stereocenters. The number of hydrogen-bond acceptors (Lipinski definition) is 4. The minimum Gasteiger partial charge on any atom is -0.478 e. The lowest BCUT2D eigenvalue weighted by Gasteiger charge is -2.30. The molecule has 0 radical (unpaired) electrons. The van der Waals surface area contributed by atoms with E-state index >= 15 is 0 Å². The molecule has 0 spiro atoms. The number of nitrogens with one attached hydrogen (secondary N) is 1. The largest absolute Gasteiger partial charge is 0.478 e. The third-order valence-corrected chi connectivity index (χ3v) is 3.01. The number of aromatic nitrogens is 2. The van der Waals surface area contributed by atoms with Gasteiger partial charge in [-0.3, -0.25) is 0 Å². The Balaban J connectivity index is 1.81. The summed E-state index contributed by atoms with van der Waals surface area (Å²) in [6.07, 6.45) is 3.87. The molecule has 5 heteroatoms. The second-order valence-corrected chi connectivity index (χ2v) is 4.58. The van der Waals surface area contributed by atoms with Crippen LogP contribution in [0.2, 0.25) is 0 Å². The zero-order valence-electron chi connectivity index (χ0n) is 9.32. The van der Waals surface area contributed by atoms with Gasteiger partial charge in [-0.2, -0.15) is 4.98 Å². The van der Waals surface area contributed by atoms with Gasteiger partial charge in [-0.25, -0.2) is 4.98 Å². The van der Waals surface area contributed by atoms with Crippen molar-refractivity contribution in [2.24, 2.45) is 5.92 Å². The van der Waals surface area contributed by atoms with Gasteiger partial charge >= 0.3 is 0 Å². The van der Waals surface area contributed by atoms with Gasteiger partial charge in [0.1, 0.15) is 0 Å². The Morgan fingerprint density at radius 2 is 2.38 bits per heavy atom. The summed E-state index contributed by atoms with van der Waals surface area (Å²) in [5, 5.41) is 3.57. The Morgan fingerprint density at radius 1 is 1.56 bits per heavy atom. The minimum absolute atomic E-state index is 0.363. The van der Waals surface area contributed by atoms with Crippen molar-refractivity contribution in [2.45, 2.75) is 25.1 Å². The molecule has 1 saturated carbocycles. The van der Waals surface area contributed by atoms with Crippen molar-refractivity contribution < 1.29 is 4.74 Å². The molecule has 88 valence electrons. The monoisotopic (exact) mass is 241 g/mol. The van der Waals surface area contributed by atoms with Crippen molar-refractivity contribution in [2.75, 3.05) is 18.5 Å². The predicted molar refractivity (Wildman–Crippen MR) is 64.1 cm³/mol. The molecule has 1 N–H and O–H groups in total. The quantitative estimate of drug-likeness (QED) is 0.804. The van der Waals surface area contributed by atoms with E-state index in [0.717, 1.165) is 19.4 Å². The molecule has 0 saturated heterocycles. The summed E-state index contributed by atoms with van der Waals surface area (Å²) < 4.78 is 5.30. The van der Waals surface area contributed by atoms with Crippen LogP contribution in [0.1, 0.15) is 19.8 Å². The van der Waals surface area contributed by atoms with Crippen LogP contribution >= 0.6 is 11.6 Å². The number of hydrogen-bond donors (Lipinski definition) is 1. The van der Waals surface area contributed by atoms with Crippen LogP contribution in [0, 0.1) is 5.92 Å². The Kier molecular flexibility index (Phi) is 3.83. The van der Waals surface area contributed by atoms with Gasteiger partial charge in [0.15, 0.2) is 0 Å². The summed E-state index contributed by atoms with van der Waals surface area (Å²) >= 11 is 5.91. The van der Waals surface area contributed by atoms with E-state index in [0.29, 0.717) is 29.7 Å². The molecular formula is C11H16ClN3O. The van der Waals surface area contributed by atoms with Gasteiger partial charge in [0.05, 0.1) is 6.61 Å². The van der Waals surface area contributed by atoms with Crippen LogP contribution in [0.3, 0.4) is 0 Å². The number of rotatable bonds is 5. The average Bonchev–Trinajstić information content (AvgIpc) is 2.24. The van der Waals surface area contributed by atoms with Crippen molar-refractivity contribution in [3.05, 3.63) is 12.3 Å². The van der Waals surface area contributed by atoms with E-state index in [2.05, 4.69) is 15.3 Å². The second kappa shape index (κ2) is 5.34. The zero-order valence-corrected chi connectivity index (χ0v) is 10.1. The third-order valence-electron chi connectivity index (χ3n) is 2.65. The van der Waals surface area contributed by atoms with E-state index in [-0.39, 0.29) is 0 Å². The van der Waals surface area contributed by atoms with Crippen LogP contribution < -0.4 is 10.1 Å². The molecule has 1 fully saturated rings. The molecule has 1 aliphatic carbocycles. The van der Waals surface area contributed by atoms with Gasteiger partial charge in [-0.15, -0.1) is 11.6 Å². The highest BCUT2D eigenvalue weighted by Gasteiger charge is 2.26. The Morgan fingerprint density at radius 3 is 3.06 bits per heavy atom. The maximum Gasteiger partial charge on any atom is 0.225 e. The highest BCUT2D eigenvalue weighted by molar-refractivity contribution is 6.21. The lowest BCUT2D eigenvalue weighted by molar-refractivity contribution is 0.325. The Labute approximate surface area is 100 Å². The molecule has 0 aliphatic heterocycles. The summed E-state index contributed by atoms with van der Waals surface area (Å²) in [6.45, 7) is 3.44. The van der Waals surface area contributed by atoms with Crippen LogP contribution in [-0.4, -0.2) is 28.5 Å². The van der Waals surface area contributed by atoms with E-state index in [1.807, 2.05) is 6.92 Å². The fourth-order valence-electron chi connectivity index (χ4n) is 1.71. The maximum absolute atomic E-state index is 5.91. The molecule has 0 atom stereocenters. The topological polar surface area (TPSA) is 47.0 Å². The number of nitrogens with zero attached hydrogens (tertiary/aromatic N) is 2. The van der Waals surface area contributed by atoms with Crippen molar-refractivity contribution in [1.29, 1.82) is 0 Å². The molecule has 16 heavy (non-hydrogen) atoms. The van der Waals surface area contributed by atoms with E-state index in [9.17, 15) is 0 Å². The van der Waals surface area contributed by atoms with E-state index < -0.39 is 0 Å².